The second-order valence-electron chi connectivity index (χ2n) is 8.01. The number of ether oxygens (including phenoxy) is 1. The Kier molecular flexibility index (Phi) is 7.53. The van der Waals surface area contributed by atoms with Gasteiger partial charge in [-0.2, -0.15) is 4.31 Å². The van der Waals surface area contributed by atoms with E-state index in [0.29, 0.717) is 45.0 Å². The maximum atomic E-state index is 13.2. The van der Waals surface area contributed by atoms with Crippen molar-refractivity contribution in [3.05, 3.63) is 48.4 Å². The fourth-order valence-corrected chi connectivity index (χ4v) is 5.25. The zero-order chi connectivity index (χ0) is 23.3. The number of hydrogen-bond acceptors (Lipinski definition) is 7. The van der Waals surface area contributed by atoms with Gasteiger partial charge in [-0.25, -0.2) is 17.8 Å². The smallest absolute Gasteiger partial charge is 0.244 e. The molecule has 2 aromatic rings. The summed E-state index contributed by atoms with van der Waals surface area (Å²) in [6.07, 6.45) is 1.74. The lowest BCUT2D eigenvalue weighted by Gasteiger charge is -2.35. The van der Waals surface area contributed by atoms with Crippen molar-refractivity contribution in [3.8, 4) is 0 Å². The molecule has 33 heavy (non-hydrogen) atoms. The quantitative estimate of drug-likeness (QED) is 0.644. The number of sulfonamides is 1. The number of morpholine rings is 1. The lowest BCUT2D eigenvalue weighted by Crippen LogP contribution is -2.47. The molecule has 0 unspecified atom stereocenters. The summed E-state index contributed by atoms with van der Waals surface area (Å²) in [5.74, 6) is 0.199. The minimum Gasteiger partial charge on any atom is -0.379 e. The summed E-state index contributed by atoms with van der Waals surface area (Å²) in [6.45, 7) is 5.12. The minimum absolute atomic E-state index is 0.151. The summed E-state index contributed by atoms with van der Waals surface area (Å²) in [7, 11) is -3.55. The molecule has 0 saturated carbocycles. The molecule has 3 heterocycles. The summed E-state index contributed by atoms with van der Waals surface area (Å²) in [6, 6.07) is 9.19. The average molecular weight is 478 g/mol. The molecule has 9 nitrogen and oxygen atoms in total. The molecule has 0 spiro atoms. The van der Waals surface area contributed by atoms with E-state index in [9.17, 15) is 17.6 Å². The number of anilines is 2. The molecule has 0 atom stereocenters. The lowest BCUT2D eigenvalue weighted by molar-refractivity contribution is -0.116. The number of benzene rings is 1. The third kappa shape index (κ3) is 6.05. The van der Waals surface area contributed by atoms with E-state index in [1.807, 2.05) is 0 Å². The largest absolute Gasteiger partial charge is 0.379 e. The summed E-state index contributed by atoms with van der Waals surface area (Å²) in [4.78, 5) is 21.0. The third-order valence-corrected chi connectivity index (χ3v) is 7.67. The Morgan fingerprint density at radius 1 is 1.06 bits per heavy atom. The molecular formula is C22H28FN5O4S. The number of nitrogens with zero attached hydrogens (tertiary/aromatic N) is 4. The van der Waals surface area contributed by atoms with Crippen LogP contribution in [0.5, 0.6) is 0 Å². The van der Waals surface area contributed by atoms with Crippen LogP contribution in [-0.2, 0) is 19.6 Å². The average Bonchev–Trinajstić information content (AvgIpc) is 2.84. The Morgan fingerprint density at radius 2 is 1.82 bits per heavy atom. The van der Waals surface area contributed by atoms with E-state index in [1.54, 1.807) is 24.3 Å². The van der Waals surface area contributed by atoms with Gasteiger partial charge in [0.1, 0.15) is 16.5 Å². The van der Waals surface area contributed by atoms with E-state index < -0.39 is 10.0 Å². The molecule has 11 heteroatoms. The number of hydrogen-bond donors (Lipinski definition) is 1. The van der Waals surface area contributed by atoms with Crippen LogP contribution in [0.2, 0.25) is 0 Å². The summed E-state index contributed by atoms with van der Waals surface area (Å²) < 4.78 is 45.4. The fourth-order valence-electron chi connectivity index (χ4n) is 3.90. The van der Waals surface area contributed by atoms with Crippen LogP contribution >= 0.6 is 0 Å². The van der Waals surface area contributed by atoms with Gasteiger partial charge in [0, 0.05) is 64.1 Å². The normalized spacial score (nSPS) is 18.3. The van der Waals surface area contributed by atoms with Crippen molar-refractivity contribution in [1.82, 2.24) is 14.2 Å². The predicted molar refractivity (Wildman–Crippen MR) is 122 cm³/mol. The second kappa shape index (κ2) is 10.6. The molecule has 4 rings (SSSR count). The molecule has 2 aliphatic rings. The topological polar surface area (TPSA) is 95.1 Å². The first-order chi connectivity index (χ1) is 15.9. The Bertz CT molecular complexity index is 1050. The standard InChI is InChI=1S/C22H28FN5O4S/c23-18-2-1-3-19(16-18)25-22(29)6-7-26-8-10-27(11-9-26)21-5-4-20(17-24-21)33(30,31)28-12-14-32-15-13-28/h1-5,16-17H,6-15H2,(H,25,29). The lowest BCUT2D eigenvalue weighted by atomic mass is 10.2. The zero-order valence-electron chi connectivity index (χ0n) is 18.3. The Balaban J connectivity index is 1.24. The molecule has 2 aliphatic heterocycles. The maximum absolute atomic E-state index is 13.2. The molecule has 2 fully saturated rings. The highest BCUT2D eigenvalue weighted by atomic mass is 32.2. The SMILES string of the molecule is O=C(CCN1CCN(c2ccc(S(=O)(=O)N3CCOCC3)cn2)CC1)Nc1cccc(F)c1. The van der Waals surface area contributed by atoms with Crippen LogP contribution < -0.4 is 10.2 Å². The first-order valence-corrected chi connectivity index (χ1v) is 12.4. The van der Waals surface area contributed by atoms with E-state index >= 15 is 0 Å². The first-order valence-electron chi connectivity index (χ1n) is 11.0. The van der Waals surface area contributed by atoms with Gasteiger partial charge in [0.25, 0.3) is 0 Å². The summed E-state index contributed by atoms with van der Waals surface area (Å²) in [5.41, 5.74) is 0.454. The van der Waals surface area contributed by atoms with Crippen molar-refractivity contribution in [2.24, 2.45) is 0 Å². The summed E-state index contributed by atoms with van der Waals surface area (Å²) >= 11 is 0. The van der Waals surface area contributed by atoms with Crippen LogP contribution in [0, 0.1) is 5.82 Å². The predicted octanol–water partition coefficient (Wildman–Crippen LogP) is 1.39. The second-order valence-corrected chi connectivity index (χ2v) is 9.94. The summed E-state index contributed by atoms with van der Waals surface area (Å²) in [5, 5.41) is 2.71. The van der Waals surface area contributed by atoms with Crippen molar-refractivity contribution in [2.75, 3.05) is 69.2 Å². The van der Waals surface area contributed by atoms with Crippen LogP contribution in [0.1, 0.15) is 6.42 Å². The van der Waals surface area contributed by atoms with Gasteiger partial charge in [-0.3, -0.25) is 9.69 Å². The number of aromatic nitrogens is 1. The maximum Gasteiger partial charge on any atom is 0.244 e. The number of carbonyl (C=O) groups excluding carboxylic acids is 1. The molecule has 178 valence electrons. The van der Waals surface area contributed by atoms with Crippen LogP contribution in [0.3, 0.4) is 0 Å². The zero-order valence-corrected chi connectivity index (χ0v) is 19.1. The molecule has 1 amide bonds. The van der Waals surface area contributed by atoms with Gasteiger partial charge < -0.3 is 15.0 Å². The van der Waals surface area contributed by atoms with Gasteiger partial charge in [0.2, 0.25) is 15.9 Å². The number of nitrogens with one attached hydrogen (secondary N) is 1. The monoisotopic (exact) mass is 477 g/mol. The van der Waals surface area contributed by atoms with Crippen molar-refractivity contribution in [3.63, 3.8) is 0 Å². The number of halogens is 1. The number of carbonyl (C=O) groups is 1. The van der Waals surface area contributed by atoms with E-state index in [4.69, 9.17) is 4.74 Å². The van der Waals surface area contributed by atoms with Gasteiger partial charge in [-0.1, -0.05) is 6.07 Å². The van der Waals surface area contributed by atoms with Gasteiger partial charge >= 0.3 is 0 Å². The number of amides is 1. The van der Waals surface area contributed by atoms with Gasteiger partial charge in [-0.05, 0) is 30.3 Å². The molecule has 2 saturated heterocycles. The van der Waals surface area contributed by atoms with Crippen LogP contribution in [0.15, 0.2) is 47.5 Å². The molecule has 0 aliphatic carbocycles. The first kappa shape index (κ1) is 23.6. The Hall–Kier alpha value is -2.60. The third-order valence-electron chi connectivity index (χ3n) is 5.79. The molecule has 1 aromatic heterocycles. The van der Waals surface area contributed by atoms with Crippen molar-refractivity contribution in [1.29, 1.82) is 0 Å². The Morgan fingerprint density at radius 3 is 2.48 bits per heavy atom. The molecule has 1 aromatic carbocycles. The highest BCUT2D eigenvalue weighted by Gasteiger charge is 2.27. The number of pyridine rings is 1. The molecular weight excluding hydrogens is 449 g/mol. The number of piperazine rings is 1. The van der Waals surface area contributed by atoms with E-state index in [2.05, 4.69) is 20.1 Å². The van der Waals surface area contributed by atoms with Crippen molar-refractivity contribution < 1.29 is 22.3 Å². The highest BCUT2D eigenvalue weighted by molar-refractivity contribution is 7.89. The van der Waals surface area contributed by atoms with Gasteiger partial charge in [-0.15, -0.1) is 0 Å². The highest BCUT2D eigenvalue weighted by Crippen LogP contribution is 2.20. The van der Waals surface area contributed by atoms with Crippen molar-refractivity contribution in [2.45, 2.75) is 11.3 Å². The van der Waals surface area contributed by atoms with Crippen LogP contribution in [0.4, 0.5) is 15.9 Å². The Labute approximate surface area is 193 Å². The van der Waals surface area contributed by atoms with E-state index in [1.165, 1.54) is 22.6 Å². The number of rotatable bonds is 7. The molecule has 0 radical (unpaired) electrons. The molecule has 0 bridgehead atoms. The van der Waals surface area contributed by atoms with E-state index in [0.717, 1.165) is 32.0 Å². The van der Waals surface area contributed by atoms with E-state index in [-0.39, 0.29) is 16.6 Å². The van der Waals surface area contributed by atoms with Gasteiger partial charge in [0.05, 0.1) is 13.2 Å². The fraction of sp³-hybridized carbons (Fsp3) is 0.455. The van der Waals surface area contributed by atoms with Crippen LogP contribution in [-0.4, -0.2) is 87.5 Å². The van der Waals surface area contributed by atoms with Crippen molar-refractivity contribution >= 4 is 27.4 Å². The minimum atomic E-state index is -3.55. The molecule has 1 N–H and O–H groups in total. The van der Waals surface area contributed by atoms with Gasteiger partial charge in [0.15, 0.2) is 0 Å². The van der Waals surface area contributed by atoms with Crippen LogP contribution in [0.25, 0.3) is 0 Å².